The van der Waals surface area contributed by atoms with E-state index in [0.717, 1.165) is 16.2 Å². The molecule has 3 nitrogen and oxygen atoms in total. The molecule has 3 rings (SSSR count). The highest BCUT2D eigenvalue weighted by Gasteiger charge is 2.18. The molecule has 0 unspecified atom stereocenters. The molecule has 1 heterocycles. The number of hydrogen-bond acceptors (Lipinski definition) is 3. The van der Waals surface area contributed by atoms with Crippen molar-refractivity contribution in [2.24, 2.45) is 0 Å². The van der Waals surface area contributed by atoms with Crippen LogP contribution in [0.5, 0.6) is 0 Å². The predicted molar refractivity (Wildman–Crippen MR) is 86.2 cm³/mol. The summed E-state index contributed by atoms with van der Waals surface area (Å²) in [7, 11) is 0. The fraction of sp³-hybridized carbons (Fsp3) is 0.188. The Morgan fingerprint density at radius 2 is 1.95 bits per heavy atom. The molecule has 0 radical (unpaired) electrons. The lowest BCUT2D eigenvalue weighted by Gasteiger charge is -2.16. The van der Waals surface area contributed by atoms with Gasteiger partial charge in [-0.2, -0.15) is 0 Å². The summed E-state index contributed by atoms with van der Waals surface area (Å²) in [6, 6.07) is 16.5. The molecule has 0 bridgehead atoms. The fourth-order valence-electron chi connectivity index (χ4n) is 2.22. The van der Waals surface area contributed by atoms with Crippen molar-refractivity contribution in [1.29, 1.82) is 0 Å². The standard InChI is InChI=1S/C16H15NO2S2/c18-16(19)17-8-9-20-15-7-6-14(10-12(15)11-17)21-13-4-2-1-3-5-13/h1-7,10H,8-9,11H2,(H,18,19). The van der Waals surface area contributed by atoms with E-state index in [-0.39, 0.29) is 0 Å². The quantitative estimate of drug-likeness (QED) is 0.890. The molecular weight excluding hydrogens is 302 g/mol. The molecule has 21 heavy (non-hydrogen) atoms. The summed E-state index contributed by atoms with van der Waals surface area (Å²) in [4.78, 5) is 16.2. The van der Waals surface area contributed by atoms with Gasteiger partial charge in [-0.1, -0.05) is 30.0 Å². The van der Waals surface area contributed by atoms with Crippen LogP contribution in [0.1, 0.15) is 5.56 Å². The van der Waals surface area contributed by atoms with Gasteiger partial charge in [0, 0.05) is 27.0 Å². The number of hydrogen-bond donors (Lipinski definition) is 1. The van der Waals surface area contributed by atoms with Gasteiger partial charge in [0.25, 0.3) is 0 Å². The summed E-state index contributed by atoms with van der Waals surface area (Å²) in [5.74, 6) is 0.810. The second-order valence-electron chi connectivity index (χ2n) is 4.74. The van der Waals surface area contributed by atoms with E-state index in [9.17, 15) is 9.90 Å². The van der Waals surface area contributed by atoms with E-state index < -0.39 is 6.09 Å². The van der Waals surface area contributed by atoms with E-state index in [4.69, 9.17) is 0 Å². The zero-order valence-corrected chi connectivity index (χ0v) is 13.0. The maximum absolute atomic E-state index is 11.2. The van der Waals surface area contributed by atoms with Crippen molar-refractivity contribution < 1.29 is 9.90 Å². The Balaban J connectivity index is 1.84. The van der Waals surface area contributed by atoms with Crippen LogP contribution in [-0.4, -0.2) is 28.4 Å². The number of nitrogens with zero attached hydrogens (tertiary/aromatic N) is 1. The first-order chi connectivity index (χ1) is 10.2. The number of rotatable bonds is 2. The van der Waals surface area contributed by atoms with Crippen molar-refractivity contribution in [2.75, 3.05) is 12.3 Å². The van der Waals surface area contributed by atoms with Gasteiger partial charge in [0.2, 0.25) is 0 Å². The summed E-state index contributed by atoms with van der Waals surface area (Å²) >= 11 is 3.43. The van der Waals surface area contributed by atoms with Crippen LogP contribution in [0.15, 0.2) is 63.2 Å². The van der Waals surface area contributed by atoms with Gasteiger partial charge in [-0.05, 0) is 35.9 Å². The highest BCUT2D eigenvalue weighted by atomic mass is 32.2. The topological polar surface area (TPSA) is 40.5 Å². The van der Waals surface area contributed by atoms with Crippen molar-refractivity contribution >= 4 is 29.6 Å². The maximum Gasteiger partial charge on any atom is 0.407 e. The number of carbonyl (C=O) groups is 1. The first kappa shape index (κ1) is 14.4. The molecule has 1 N–H and O–H groups in total. The van der Waals surface area contributed by atoms with E-state index in [0.29, 0.717) is 13.1 Å². The molecule has 0 fully saturated rings. The molecule has 0 aliphatic carbocycles. The minimum absolute atomic E-state index is 0.473. The third kappa shape index (κ3) is 3.54. The van der Waals surface area contributed by atoms with Crippen LogP contribution in [0.3, 0.4) is 0 Å². The first-order valence-electron chi connectivity index (χ1n) is 6.69. The van der Waals surface area contributed by atoms with Crippen LogP contribution in [0, 0.1) is 0 Å². The van der Waals surface area contributed by atoms with E-state index >= 15 is 0 Å². The molecular formula is C16H15NO2S2. The minimum atomic E-state index is -0.843. The monoisotopic (exact) mass is 317 g/mol. The van der Waals surface area contributed by atoms with Gasteiger partial charge in [-0.15, -0.1) is 11.8 Å². The zero-order chi connectivity index (χ0) is 14.7. The number of thioether (sulfide) groups is 1. The summed E-state index contributed by atoms with van der Waals surface area (Å²) in [5, 5.41) is 9.20. The molecule has 0 saturated carbocycles. The summed E-state index contributed by atoms with van der Waals surface area (Å²) in [6.45, 7) is 1.05. The molecule has 2 aromatic carbocycles. The molecule has 0 spiro atoms. The van der Waals surface area contributed by atoms with Gasteiger partial charge in [0.15, 0.2) is 0 Å². The van der Waals surface area contributed by atoms with Crippen molar-refractivity contribution in [3.63, 3.8) is 0 Å². The molecule has 0 aromatic heterocycles. The summed E-state index contributed by atoms with van der Waals surface area (Å²) < 4.78 is 0. The highest BCUT2D eigenvalue weighted by Crippen LogP contribution is 2.34. The van der Waals surface area contributed by atoms with Crippen molar-refractivity contribution in [3.05, 3.63) is 54.1 Å². The van der Waals surface area contributed by atoms with Crippen molar-refractivity contribution in [2.45, 2.75) is 21.2 Å². The normalized spacial score (nSPS) is 14.4. The van der Waals surface area contributed by atoms with Crippen LogP contribution >= 0.6 is 23.5 Å². The van der Waals surface area contributed by atoms with E-state index in [1.807, 2.05) is 18.2 Å². The summed E-state index contributed by atoms with van der Waals surface area (Å²) in [5.41, 5.74) is 1.10. The Labute approximate surface area is 132 Å². The largest absolute Gasteiger partial charge is 0.465 e. The smallest absolute Gasteiger partial charge is 0.407 e. The molecule has 1 amide bonds. The summed E-state index contributed by atoms with van der Waals surface area (Å²) in [6.07, 6.45) is -0.843. The van der Waals surface area contributed by atoms with Crippen molar-refractivity contribution in [3.8, 4) is 0 Å². The van der Waals surface area contributed by atoms with Gasteiger partial charge in [-0.25, -0.2) is 4.79 Å². The molecule has 0 atom stereocenters. The van der Waals surface area contributed by atoms with Crippen LogP contribution < -0.4 is 0 Å². The number of fused-ring (bicyclic) bond motifs is 1. The maximum atomic E-state index is 11.2. The SMILES string of the molecule is O=C(O)N1CCSc2ccc(Sc3ccccc3)cc2C1. The molecule has 1 aliphatic rings. The third-order valence-corrected chi connectivity index (χ3v) is 5.35. The van der Waals surface area contributed by atoms with E-state index in [2.05, 4.69) is 30.3 Å². The average molecular weight is 317 g/mol. The lowest BCUT2D eigenvalue weighted by Crippen LogP contribution is -2.29. The third-order valence-electron chi connectivity index (χ3n) is 3.26. The molecule has 0 saturated heterocycles. The molecule has 2 aromatic rings. The van der Waals surface area contributed by atoms with Crippen LogP contribution in [0.25, 0.3) is 0 Å². The van der Waals surface area contributed by atoms with Crippen LogP contribution in [-0.2, 0) is 6.54 Å². The number of amides is 1. The van der Waals surface area contributed by atoms with Gasteiger partial charge in [0.05, 0.1) is 6.54 Å². The lowest BCUT2D eigenvalue weighted by molar-refractivity contribution is 0.145. The van der Waals surface area contributed by atoms with Gasteiger partial charge in [0.1, 0.15) is 0 Å². The van der Waals surface area contributed by atoms with Gasteiger partial charge >= 0.3 is 6.09 Å². The Bertz CT molecular complexity index is 646. The number of benzene rings is 2. The average Bonchev–Trinajstić information content (AvgIpc) is 2.70. The van der Waals surface area contributed by atoms with Crippen LogP contribution in [0.4, 0.5) is 4.79 Å². The fourth-order valence-corrected chi connectivity index (χ4v) is 4.13. The Hall–Kier alpha value is -1.59. The number of carboxylic acid groups (broad SMARTS) is 1. The first-order valence-corrected chi connectivity index (χ1v) is 8.49. The predicted octanol–water partition coefficient (Wildman–Crippen LogP) is 4.42. The Morgan fingerprint density at radius 1 is 1.14 bits per heavy atom. The molecule has 108 valence electrons. The van der Waals surface area contributed by atoms with Crippen molar-refractivity contribution in [1.82, 2.24) is 4.90 Å². The van der Waals surface area contributed by atoms with Crippen LogP contribution in [0.2, 0.25) is 0 Å². The second kappa shape index (κ2) is 6.45. The minimum Gasteiger partial charge on any atom is -0.465 e. The highest BCUT2D eigenvalue weighted by molar-refractivity contribution is 7.99. The lowest BCUT2D eigenvalue weighted by atomic mass is 10.2. The van der Waals surface area contributed by atoms with E-state index in [1.54, 1.807) is 23.5 Å². The van der Waals surface area contributed by atoms with Gasteiger partial charge < -0.3 is 10.0 Å². The zero-order valence-electron chi connectivity index (χ0n) is 11.4. The van der Waals surface area contributed by atoms with Gasteiger partial charge in [-0.3, -0.25) is 0 Å². The molecule has 5 heteroatoms. The van der Waals surface area contributed by atoms with E-state index in [1.165, 1.54) is 14.7 Å². The second-order valence-corrected chi connectivity index (χ2v) is 7.02. The Morgan fingerprint density at radius 3 is 2.71 bits per heavy atom. The molecule has 1 aliphatic heterocycles. The Kier molecular flexibility index (Phi) is 4.41.